The maximum Gasteiger partial charge on any atom is 0.251 e. The zero-order valence-corrected chi connectivity index (χ0v) is 18.6. The fourth-order valence-corrected chi connectivity index (χ4v) is 4.36. The number of nitrogens with one attached hydrogen (secondary N) is 1. The van der Waals surface area contributed by atoms with Crippen LogP contribution in [0.3, 0.4) is 0 Å². The molecular weight excluding hydrogens is 406 g/mol. The van der Waals surface area contributed by atoms with E-state index in [4.69, 9.17) is 9.97 Å². The molecule has 0 radical (unpaired) electrons. The quantitative estimate of drug-likeness (QED) is 0.423. The number of rotatable bonds is 8. The number of pyridine rings is 1. The van der Waals surface area contributed by atoms with Crippen LogP contribution in [0.2, 0.25) is 0 Å². The number of benzene rings is 1. The molecule has 1 saturated heterocycles. The molecule has 6 nitrogen and oxygen atoms in total. The number of hydrogen-bond donors (Lipinski definition) is 1. The van der Waals surface area contributed by atoms with Gasteiger partial charge in [0.15, 0.2) is 5.16 Å². The Morgan fingerprint density at radius 3 is 2.65 bits per heavy atom. The molecule has 1 fully saturated rings. The van der Waals surface area contributed by atoms with Crippen molar-refractivity contribution >= 4 is 23.5 Å². The normalized spacial score (nSPS) is 13.4. The molecule has 31 heavy (non-hydrogen) atoms. The van der Waals surface area contributed by atoms with Crippen LogP contribution in [-0.4, -0.2) is 33.9 Å². The molecule has 0 saturated carbocycles. The van der Waals surface area contributed by atoms with Gasteiger partial charge in [-0.3, -0.25) is 9.78 Å². The summed E-state index contributed by atoms with van der Waals surface area (Å²) >= 11 is 1.62. The van der Waals surface area contributed by atoms with Crippen LogP contribution < -0.4 is 10.2 Å². The summed E-state index contributed by atoms with van der Waals surface area (Å²) in [7, 11) is 0. The molecular formula is C24H27N5OS. The number of aryl methyl sites for hydroxylation is 1. The fourth-order valence-electron chi connectivity index (χ4n) is 3.55. The number of hydrogen-bond acceptors (Lipinski definition) is 6. The molecule has 2 aromatic heterocycles. The van der Waals surface area contributed by atoms with Gasteiger partial charge in [0.25, 0.3) is 5.91 Å². The van der Waals surface area contributed by atoms with Crippen molar-refractivity contribution in [3.63, 3.8) is 0 Å². The third-order valence-corrected chi connectivity index (χ3v) is 6.22. The van der Waals surface area contributed by atoms with Gasteiger partial charge < -0.3 is 10.2 Å². The van der Waals surface area contributed by atoms with Crippen LogP contribution in [0.25, 0.3) is 0 Å². The van der Waals surface area contributed by atoms with Gasteiger partial charge in [-0.15, -0.1) is 0 Å². The van der Waals surface area contributed by atoms with E-state index in [2.05, 4.69) is 28.2 Å². The highest BCUT2D eigenvalue weighted by Crippen LogP contribution is 2.25. The second-order valence-corrected chi connectivity index (χ2v) is 8.52. The van der Waals surface area contributed by atoms with Crippen LogP contribution in [-0.2, 0) is 18.7 Å². The lowest BCUT2D eigenvalue weighted by Crippen LogP contribution is -2.22. The Bertz CT molecular complexity index is 1020. The molecule has 160 valence electrons. The van der Waals surface area contributed by atoms with Gasteiger partial charge in [0.1, 0.15) is 5.82 Å². The lowest BCUT2D eigenvalue weighted by molar-refractivity contribution is 0.0951. The second kappa shape index (κ2) is 10.4. The van der Waals surface area contributed by atoms with Crippen molar-refractivity contribution in [1.82, 2.24) is 20.3 Å². The SMILES string of the molecule is CCc1cc(N2CCCC2)nc(SCc2cccc(C(=O)NCc3ccncc3)c2)n1. The molecule has 1 aliphatic rings. The Kier molecular flexibility index (Phi) is 7.14. The van der Waals surface area contributed by atoms with Gasteiger partial charge in [0.2, 0.25) is 0 Å². The first-order valence-electron chi connectivity index (χ1n) is 10.7. The number of carbonyl (C=O) groups excluding carboxylic acids is 1. The highest BCUT2D eigenvalue weighted by Gasteiger charge is 2.16. The Balaban J connectivity index is 1.40. The molecule has 1 aromatic carbocycles. The van der Waals surface area contributed by atoms with E-state index in [-0.39, 0.29) is 5.91 Å². The van der Waals surface area contributed by atoms with Crippen LogP contribution in [0.4, 0.5) is 5.82 Å². The van der Waals surface area contributed by atoms with Gasteiger partial charge in [-0.1, -0.05) is 30.8 Å². The summed E-state index contributed by atoms with van der Waals surface area (Å²) in [5.41, 5.74) is 3.84. The zero-order chi connectivity index (χ0) is 21.5. The molecule has 3 heterocycles. The summed E-state index contributed by atoms with van der Waals surface area (Å²) in [4.78, 5) is 28.4. The molecule has 1 N–H and O–H groups in total. The number of thioether (sulfide) groups is 1. The van der Waals surface area contributed by atoms with Crippen LogP contribution in [0.15, 0.2) is 60.0 Å². The maximum atomic E-state index is 12.6. The van der Waals surface area contributed by atoms with Crippen molar-refractivity contribution in [3.8, 4) is 0 Å². The highest BCUT2D eigenvalue weighted by molar-refractivity contribution is 7.98. The predicted octanol–water partition coefficient (Wildman–Crippen LogP) is 4.26. The Labute approximate surface area is 187 Å². The van der Waals surface area contributed by atoms with Gasteiger partial charge >= 0.3 is 0 Å². The number of amides is 1. The molecule has 0 aliphatic carbocycles. The number of anilines is 1. The fraction of sp³-hybridized carbons (Fsp3) is 0.333. The van der Waals surface area contributed by atoms with E-state index in [9.17, 15) is 4.79 Å². The summed E-state index contributed by atoms with van der Waals surface area (Å²) < 4.78 is 0. The molecule has 7 heteroatoms. The van der Waals surface area contributed by atoms with Crippen molar-refractivity contribution in [2.24, 2.45) is 0 Å². The van der Waals surface area contributed by atoms with Gasteiger partial charge in [0, 0.05) is 55.1 Å². The van der Waals surface area contributed by atoms with Crippen molar-refractivity contribution in [2.45, 2.75) is 43.6 Å². The number of aromatic nitrogens is 3. The van der Waals surface area contributed by atoms with E-state index in [1.807, 2.05) is 36.4 Å². The van der Waals surface area contributed by atoms with Crippen molar-refractivity contribution in [1.29, 1.82) is 0 Å². The Morgan fingerprint density at radius 1 is 1.06 bits per heavy atom. The van der Waals surface area contributed by atoms with Gasteiger partial charge in [0.05, 0.1) is 0 Å². The number of nitrogens with zero attached hydrogens (tertiary/aromatic N) is 4. The topological polar surface area (TPSA) is 71.0 Å². The maximum absolute atomic E-state index is 12.6. The predicted molar refractivity (Wildman–Crippen MR) is 124 cm³/mol. The minimum absolute atomic E-state index is 0.0794. The Hall–Kier alpha value is -2.93. The lowest BCUT2D eigenvalue weighted by atomic mass is 10.1. The third-order valence-electron chi connectivity index (χ3n) is 5.30. The van der Waals surface area contributed by atoms with Crippen molar-refractivity contribution in [3.05, 3.63) is 77.2 Å². The van der Waals surface area contributed by atoms with Crippen LogP contribution >= 0.6 is 11.8 Å². The summed E-state index contributed by atoms with van der Waals surface area (Å²) in [6.45, 7) is 4.75. The lowest BCUT2D eigenvalue weighted by Gasteiger charge is -2.17. The average Bonchev–Trinajstić information content (AvgIpc) is 3.37. The Morgan fingerprint density at radius 2 is 1.87 bits per heavy atom. The third kappa shape index (κ3) is 5.82. The average molecular weight is 434 g/mol. The summed E-state index contributed by atoms with van der Waals surface area (Å²) in [5.74, 6) is 1.68. The summed E-state index contributed by atoms with van der Waals surface area (Å²) in [6, 6.07) is 13.7. The number of carbonyl (C=O) groups is 1. The van der Waals surface area contributed by atoms with Crippen molar-refractivity contribution < 1.29 is 4.79 Å². The molecule has 0 atom stereocenters. The van der Waals surface area contributed by atoms with E-state index >= 15 is 0 Å². The smallest absolute Gasteiger partial charge is 0.251 e. The molecule has 0 spiro atoms. The largest absolute Gasteiger partial charge is 0.356 e. The van der Waals surface area contributed by atoms with E-state index < -0.39 is 0 Å². The van der Waals surface area contributed by atoms with Crippen molar-refractivity contribution in [2.75, 3.05) is 18.0 Å². The minimum Gasteiger partial charge on any atom is -0.356 e. The van der Waals surface area contributed by atoms with Crippen LogP contribution in [0.5, 0.6) is 0 Å². The first kappa shape index (κ1) is 21.3. The van der Waals surface area contributed by atoms with E-state index in [0.717, 1.165) is 53.1 Å². The minimum atomic E-state index is -0.0794. The van der Waals surface area contributed by atoms with E-state index in [1.165, 1.54) is 12.8 Å². The first-order chi connectivity index (χ1) is 15.2. The molecule has 3 aromatic rings. The van der Waals surface area contributed by atoms with Gasteiger partial charge in [-0.05, 0) is 54.7 Å². The molecule has 0 unspecified atom stereocenters. The summed E-state index contributed by atoms with van der Waals surface area (Å²) in [5, 5.41) is 3.77. The van der Waals surface area contributed by atoms with E-state index in [0.29, 0.717) is 12.1 Å². The molecule has 1 amide bonds. The monoisotopic (exact) mass is 433 g/mol. The van der Waals surface area contributed by atoms with Gasteiger partial charge in [-0.2, -0.15) is 0 Å². The standard InChI is InChI=1S/C24H27N5OS/c1-2-21-15-22(29-12-3-4-13-29)28-24(27-21)31-17-19-6-5-7-20(14-19)23(30)26-16-18-8-10-25-11-9-18/h5-11,14-15H,2-4,12-13,16-17H2,1H3,(H,26,30). The van der Waals surface area contributed by atoms with Gasteiger partial charge in [-0.25, -0.2) is 9.97 Å². The highest BCUT2D eigenvalue weighted by atomic mass is 32.2. The molecule has 0 bridgehead atoms. The zero-order valence-electron chi connectivity index (χ0n) is 17.8. The molecule has 1 aliphatic heterocycles. The second-order valence-electron chi connectivity index (χ2n) is 7.57. The van der Waals surface area contributed by atoms with Crippen LogP contribution in [0.1, 0.15) is 46.9 Å². The van der Waals surface area contributed by atoms with E-state index in [1.54, 1.807) is 24.2 Å². The molecule has 4 rings (SSSR count). The first-order valence-corrected chi connectivity index (χ1v) is 11.7. The van der Waals surface area contributed by atoms with Crippen LogP contribution in [0, 0.1) is 0 Å². The summed E-state index contributed by atoms with van der Waals surface area (Å²) in [6.07, 6.45) is 6.80.